The van der Waals surface area contributed by atoms with E-state index in [9.17, 15) is 28.7 Å². The topological polar surface area (TPSA) is 95.0 Å². The molecule has 42 heavy (non-hydrogen) atoms. The van der Waals surface area contributed by atoms with E-state index in [2.05, 4.69) is 0 Å². The summed E-state index contributed by atoms with van der Waals surface area (Å²) in [4.78, 5) is 58.9. The maximum atomic E-state index is 14.4. The zero-order chi connectivity index (χ0) is 29.5. The number of amides is 4. The first-order valence-corrected chi connectivity index (χ1v) is 15.2. The van der Waals surface area contributed by atoms with Gasteiger partial charge in [0.2, 0.25) is 23.6 Å². The third-order valence-electron chi connectivity index (χ3n) is 10.6. The molecule has 0 radical (unpaired) electrons. The predicted molar refractivity (Wildman–Crippen MR) is 153 cm³/mol. The summed E-state index contributed by atoms with van der Waals surface area (Å²) >= 11 is 6.05. The van der Waals surface area contributed by atoms with E-state index in [4.69, 9.17) is 11.6 Å². The largest absolute Gasteiger partial charge is 0.508 e. The molecule has 0 aromatic heterocycles. The molecule has 2 aromatic carbocycles. The van der Waals surface area contributed by atoms with Gasteiger partial charge in [-0.3, -0.25) is 24.1 Å². The standard InChI is InChI=1S/C33H32ClFN2O5/c1-33-24(30(40)37(32(33)42)19-10-13-26(35)25(34)15-19)16-23-21(28(33)17-6-5-9-20(38)14-17)11-12-22-27(23)31(41)36(29(22)39)18-7-3-2-4-8-18/h5-6,9-11,13-15,18,22-24,27-28,38H,2-4,7-8,12,16H2,1H3. The summed E-state index contributed by atoms with van der Waals surface area (Å²) in [5.74, 6) is -4.68. The third kappa shape index (κ3) is 3.76. The molecule has 2 saturated heterocycles. The number of imide groups is 2. The number of carbonyl (C=O) groups is 4. The SMILES string of the molecule is CC12C(=O)N(c3ccc(F)c(Cl)c3)C(=O)C1CC1C(=CCC3C(=O)N(C4CCCCC4)C(=O)C31)C2c1cccc(O)c1. The minimum absolute atomic E-state index is 0.0265. The number of hydrogen-bond donors (Lipinski definition) is 1. The fourth-order valence-electron chi connectivity index (χ4n) is 8.69. The lowest BCUT2D eigenvalue weighted by Gasteiger charge is -2.49. The Hall–Kier alpha value is -3.52. The number of carbonyl (C=O) groups excluding carboxylic acids is 4. The first-order valence-electron chi connectivity index (χ1n) is 14.8. The van der Waals surface area contributed by atoms with Crippen LogP contribution in [-0.2, 0) is 19.2 Å². The van der Waals surface area contributed by atoms with Gasteiger partial charge in [-0.2, -0.15) is 0 Å². The van der Waals surface area contributed by atoms with E-state index in [1.54, 1.807) is 25.1 Å². The lowest BCUT2D eigenvalue weighted by molar-refractivity contribution is -0.144. The van der Waals surface area contributed by atoms with Gasteiger partial charge in [-0.1, -0.05) is 54.6 Å². The van der Waals surface area contributed by atoms with Crippen molar-refractivity contribution in [3.05, 3.63) is 70.5 Å². The van der Waals surface area contributed by atoms with Crippen molar-refractivity contribution in [1.82, 2.24) is 4.90 Å². The van der Waals surface area contributed by atoms with Crippen LogP contribution in [0.15, 0.2) is 54.1 Å². The van der Waals surface area contributed by atoms with Crippen molar-refractivity contribution in [2.75, 3.05) is 4.90 Å². The number of fused-ring (bicyclic) bond motifs is 4. The molecule has 1 N–H and O–H groups in total. The highest BCUT2D eigenvalue weighted by Gasteiger charge is 2.67. The fraction of sp³-hybridized carbons (Fsp3) is 0.455. The molecule has 2 saturated carbocycles. The predicted octanol–water partition coefficient (Wildman–Crippen LogP) is 5.75. The molecular formula is C33H32ClFN2O5. The first kappa shape index (κ1) is 27.3. The number of benzene rings is 2. The Morgan fingerprint density at radius 2 is 1.71 bits per heavy atom. The second-order valence-electron chi connectivity index (χ2n) is 12.7. The van der Waals surface area contributed by atoms with Crippen LogP contribution >= 0.6 is 11.6 Å². The van der Waals surface area contributed by atoms with Gasteiger partial charge in [0.15, 0.2) is 0 Å². The molecule has 6 unspecified atom stereocenters. The van der Waals surface area contributed by atoms with Crippen LogP contribution in [-0.4, -0.2) is 39.7 Å². The van der Waals surface area contributed by atoms with E-state index >= 15 is 0 Å². The minimum atomic E-state index is -1.24. The first-order chi connectivity index (χ1) is 20.1. The van der Waals surface area contributed by atoms with E-state index in [1.165, 1.54) is 17.0 Å². The molecule has 218 valence electrons. The number of halogens is 2. The van der Waals surface area contributed by atoms with E-state index in [0.29, 0.717) is 12.0 Å². The highest BCUT2D eigenvalue weighted by Crippen LogP contribution is 2.64. The lowest BCUT2D eigenvalue weighted by Crippen LogP contribution is -2.49. The van der Waals surface area contributed by atoms with Crippen molar-refractivity contribution >= 4 is 40.9 Å². The normalized spacial score (nSPS) is 33.0. The van der Waals surface area contributed by atoms with Crippen molar-refractivity contribution in [1.29, 1.82) is 0 Å². The number of phenolic OH excluding ortho intramolecular Hbond substituents is 1. The molecule has 2 aliphatic heterocycles. The number of rotatable bonds is 3. The molecule has 0 spiro atoms. The third-order valence-corrected chi connectivity index (χ3v) is 10.9. The van der Waals surface area contributed by atoms with Crippen molar-refractivity contribution < 1.29 is 28.7 Å². The molecule has 4 amide bonds. The van der Waals surface area contributed by atoms with Gasteiger partial charge in [0.25, 0.3) is 0 Å². The van der Waals surface area contributed by atoms with Crippen LogP contribution in [0.25, 0.3) is 0 Å². The van der Waals surface area contributed by atoms with Crippen LogP contribution in [0.3, 0.4) is 0 Å². The maximum absolute atomic E-state index is 14.4. The number of likely N-dealkylation sites (tertiary alicyclic amines) is 1. The molecule has 2 heterocycles. The van der Waals surface area contributed by atoms with Gasteiger partial charge in [0, 0.05) is 12.0 Å². The van der Waals surface area contributed by atoms with Gasteiger partial charge in [0.05, 0.1) is 33.9 Å². The van der Waals surface area contributed by atoms with Gasteiger partial charge >= 0.3 is 0 Å². The fourth-order valence-corrected chi connectivity index (χ4v) is 8.87. The molecule has 9 heteroatoms. The van der Waals surface area contributed by atoms with Crippen LogP contribution < -0.4 is 4.90 Å². The molecule has 7 nitrogen and oxygen atoms in total. The van der Waals surface area contributed by atoms with E-state index in [1.807, 2.05) is 12.1 Å². The van der Waals surface area contributed by atoms with Crippen molar-refractivity contribution in [3.63, 3.8) is 0 Å². The Bertz CT molecular complexity index is 1570. The highest BCUT2D eigenvalue weighted by atomic mass is 35.5. The quantitative estimate of drug-likeness (QED) is 0.363. The van der Waals surface area contributed by atoms with E-state index in [-0.39, 0.29) is 40.7 Å². The van der Waals surface area contributed by atoms with Crippen molar-refractivity contribution in [2.24, 2.45) is 29.1 Å². The molecule has 2 aromatic rings. The zero-order valence-electron chi connectivity index (χ0n) is 23.3. The van der Waals surface area contributed by atoms with Crippen LogP contribution in [0.2, 0.25) is 5.02 Å². The number of aromatic hydroxyl groups is 1. The number of allylic oxidation sites excluding steroid dienone is 2. The molecule has 6 atom stereocenters. The highest BCUT2D eigenvalue weighted by molar-refractivity contribution is 6.31. The Balaban J connectivity index is 1.34. The maximum Gasteiger partial charge on any atom is 0.241 e. The van der Waals surface area contributed by atoms with Crippen LogP contribution in [0.4, 0.5) is 10.1 Å². The summed E-state index contributed by atoms with van der Waals surface area (Å²) in [6, 6.07) is 10.4. The second-order valence-corrected chi connectivity index (χ2v) is 13.1. The Morgan fingerprint density at radius 1 is 0.952 bits per heavy atom. The van der Waals surface area contributed by atoms with Gasteiger partial charge < -0.3 is 5.11 Å². The molecule has 5 aliphatic rings. The number of phenols is 1. The van der Waals surface area contributed by atoms with Crippen LogP contribution in [0, 0.1) is 34.9 Å². The van der Waals surface area contributed by atoms with Crippen LogP contribution in [0.5, 0.6) is 5.75 Å². The second kappa shape index (κ2) is 9.76. The molecule has 3 aliphatic carbocycles. The number of nitrogens with zero attached hydrogens (tertiary/aromatic N) is 2. The van der Waals surface area contributed by atoms with E-state index < -0.39 is 52.6 Å². The Labute approximate surface area is 248 Å². The summed E-state index contributed by atoms with van der Waals surface area (Å²) in [5, 5.41) is 10.2. The summed E-state index contributed by atoms with van der Waals surface area (Å²) in [6.45, 7) is 1.77. The average Bonchev–Trinajstić information content (AvgIpc) is 3.34. The summed E-state index contributed by atoms with van der Waals surface area (Å²) in [7, 11) is 0. The number of hydrogen-bond acceptors (Lipinski definition) is 5. The minimum Gasteiger partial charge on any atom is -0.508 e. The van der Waals surface area contributed by atoms with Crippen molar-refractivity contribution in [3.8, 4) is 5.75 Å². The Morgan fingerprint density at radius 3 is 2.43 bits per heavy atom. The summed E-state index contributed by atoms with van der Waals surface area (Å²) in [5.41, 5.74) is 0.479. The lowest BCUT2D eigenvalue weighted by atomic mass is 9.51. The summed E-state index contributed by atoms with van der Waals surface area (Å²) < 4.78 is 14.0. The summed E-state index contributed by atoms with van der Waals surface area (Å²) in [6.07, 6.45) is 7.35. The molecule has 0 bridgehead atoms. The van der Waals surface area contributed by atoms with Gasteiger partial charge in [-0.05, 0) is 74.4 Å². The van der Waals surface area contributed by atoms with Gasteiger partial charge in [0.1, 0.15) is 11.6 Å². The molecule has 7 rings (SSSR count). The monoisotopic (exact) mass is 590 g/mol. The zero-order valence-corrected chi connectivity index (χ0v) is 24.0. The van der Waals surface area contributed by atoms with Crippen LogP contribution in [0.1, 0.15) is 63.4 Å². The van der Waals surface area contributed by atoms with Gasteiger partial charge in [-0.25, -0.2) is 9.29 Å². The molecular weight excluding hydrogens is 559 g/mol. The average molecular weight is 591 g/mol. The van der Waals surface area contributed by atoms with E-state index in [0.717, 1.165) is 48.6 Å². The molecule has 4 fully saturated rings. The van der Waals surface area contributed by atoms with Crippen molar-refractivity contribution in [2.45, 2.75) is 63.8 Å². The van der Waals surface area contributed by atoms with Gasteiger partial charge in [-0.15, -0.1) is 0 Å². The smallest absolute Gasteiger partial charge is 0.241 e. The number of anilines is 1. The Kier molecular flexibility index (Phi) is 6.35.